The van der Waals surface area contributed by atoms with Crippen molar-refractivity contribution in [2.45, 2.75) is 29.8 Å². The second-order valence-electron chi connectivity index (χ2n) is 10.4. The molecule has 46 heavy (non-hydrogen) atoms. The summed E-state index contributed by atoms with van der Waals surface area (Å²) in [5, 5.41) is 2.34. The minimum atomic E-state index is -3.75. The molecule has 0 aliphatic carbocycles. The van der Waals surface area contributed by atoms with Crippen LogP contribution in [-0.4, -0.2) is 85.1 Å². The Labute approximate surface area is 266 Å². The molecule has 0 bridgehead atoms. The van der Waals surface area contributed by atoms with Crippen LogP contribution in [0.2, 0.25) is 0 Å². The van der Waals surface area contributed by atoms with Gasteiger partial charge < -0.3 is 32.8 Å². The summed E-state index contributed by atoms with van der Waals surface area (Å²) in [5.74, 6) is 1.70. The van der Waals surface area contributed by atoms with E-state index in [9.17, 15) is 13.2 Å². The van der Waals surface area contributed by atoms with Gasteiger partial charge in [0, 0.05) is 49.7 Å². The van der Waals surface area contributed by atoms with Crippen LogP contribution in [0.15, 0.2) is 62.9 Å². The molecule has 4 aromatic rings. The minimum absolute atomic E-state index is 0.0951. The molecule has 1 saturated heterocycles. The third-order valence-corrected chi connectivity index (χ3v) is 9.76. The molecule has 3 heterocycles. The molecule has 2 atom stereocenters. The van der Waals surface area contributed by atoms with Crippen LogP contribution in [0.5, 0.6) is 34.5 Å². The molecule has 1 N–H and O–H groups in total. The summed E-state index contributed by atoms with van der Waals surface area (Å²) in [5.41, 5.74) is 0.130. The van der Waals surface area contributed by atoms with E-state index in [-0.39, 0.29) is 39.7 Å². The standard InChI is InChI=1S/C32H37N3O10S/c1-7-27(35-12-11-34-26(18-35)46(37,38)21-9-8-10-33-17-21)45-32-29(36)28-22(40-3)15-20(39-2)16-23(28)44-30(32)19-13-24(41-4)31(43-6)25(14-19)42-5/h8-10,13-17,26-27,34H,7,11-12,18H2,1-6H3. The van der Waals surface area contributed by atoms with E-state index in [1.807, 2.05) is 11.8 Å². The third kappa shape index (κ3) is 6.15. The van der Waals surface area contributed by atoms with Crippen LogP contribution in [0.3, 0.4) is 0 Å². The Morgan fingerprint density at radius 2 is 1.70 bits per heavy atom. The Kier molecular flexibility index (Phi) is 9.89. The average Bonchev–Trinajstić information content (AvgIpc) is 3.10. The van der Waals surface area contributed by atoms with Gasteiger partial charge in [-0.1, -0.05) is 6.92 Å². The van der Waals surface area contributed by atoms with Gasteiger partial charge in [-0.2, -0.15) is 0 Å². The van der Waals surface area contributed by atoms with Gasteiger partial charge in [0.2, 0.25) is 16.9 Å². The van der Waals surface area contributed by atoms with Gasteiger partial charge in [0.1, 0.15) is 27.8 Å². The molecule has 246 valence electrons. The maximum absolute atomic E-state index is 14.4. The quantitative estimate of drug-likeness (QED) is 0.237. The molecule has 1 aliphatic rings. The predicted octanol–water partition coefficient (Wildman–Crippen LogP) is 3.72. The lowest BCUT2D eigenvalue weighted by Crippen LogP contribution is -2.57. The first-order valence-corrected chi connectivity index (χ1v) is 16.1. The summed E-state index contributed by atoms with van der Waals surface area (Å²) in [4.78, 5) is 20.3. The Hall–Kier alpha value is -4.53. The number of hydrogen-bond donors (Lipinski definition) is 1. The van der Waals surface area contributed by atoms with E-state index >= 15 is 0 Å². The van der Waals surface area contributed by atoms with Crippen LogP contribution in [0.1, 0.15) is 13.3 Å². The third-order valence-electron chi connectivity index (χ3n) is 7.79. The van der Waals surface area contributed by atoms with Crippen molar-refractivity contribution in [2.24, 2.45) is 0 Å². The van der Waals surface area contributed by atoms with Crippen LogP contribution in [-0.2, 0) is 9.84 Å². The van der Waals surface area contributed by atoms with E-state index < -0.39 is 26.9 Å². The number of piperazine rings is 1. The fraction of sp³-hybridized carbons (Fsp3) is 0.375. The minimum Gasteiger partial charge on any atom is -0.496 e. The SMILES string of the molecule is CCC(Oc1c(-c2cc(OC)c(OC)c(OC)c2)oc2cc(OC)cc(OC)c2c1=O)N1CCNC(S(=O)(=O)c2cccnc2)C1. The molecule has 0 spiro atoms. The lowest BCUT2D eigenvalue weighted by atomic mass is 10.1. The van der Waals surface area contributed by atoms with Crippen LogP contribution in [0.4, 0.5) is 0 Å². The molecule has 2 aromatic carbocycles. The molecular formula is C32H37N3O10S. The van der Waals surface area contributed by atoms with Gasteiger partial charge in [-0.3, -0.25) is 20.0 Å². The Balaban J connectivity index is 1.64. The number of ether oxygens (including phenoxy) is 6. The maximum atomic E-state index is 14.4. The number of rotatable bonds is 12. The van der Waals surface area contributed by atoms with Crippen molar-refractivity contribution in [2.75, 3.05) is 55.2 Å². The van der Waals surface area contributed by atoms with Gasteiger partial charge in [0.05, 0.1) is 40.4 Å². The lowest BCUT2D eigenvalue weighted by molar-refractivity contribution is 0.00956. The van der Waals surface area contributed by atoms with Gasteiger partial charge in [-0.05, 0) is 30.7 Å². The van der Waals surface area contributed by atoms with E-state index in [2.05, 4.69) is 10.3 Å². The van der Waals surface area contributed by atoms with Crippen molar-refractivity contribution in [3.05, 3.63) is 59.0 Å². The second kappa shape index (κ2) is 13.8. The van der Waals surface area contributed by atoms with Crippen LogP contribution in [0.25, 0.3) is 22.3 Å². The topological polar surface area (TPSA) is 148 Å². The van der Waals surface area contributed by atoms with Crippen molar-refractivity contribution in [1.29, 1.82) is 0 Å². The number of benzene rings is 2. The summed E-state index contributed by atoms with van der Waals surface area (Å²) >= 11 is 0. The van der Waals surface area contributed by atoms with Gasteiger partial charge in [0.25, 0.3) is 0 Å². The highest BCUT2D eigenvalue weighted by Crippen LogP contribution is 2.44. The average molecular weight is 656 g/mol. The molecule has 1 aliphatic heterocycles. The molecule has 2 unspecified atom stereocenters. The van der Waals surface area contributed by atoms with E-state index in [0.29, 0.717) is 48.1 Å². The Morgan fingerprint density at radius 1 is 0.978 bits per heavy atom. The number of nitrogens with one attached hydrogen (secondary N) is 1. The zero-order valence-corrected chi connectivity index (χ0v) is 27.3. The number of methoxy groups -OCH3 is 5. The smallest absolute Gasteiger partial charge is 0.239 e. The summed E-state index contributed by atoms with van der Waals surface area (Å²) in [7, 11) is 3.65. The number of aromatic nitrogens is 1. The first-order chi connectivity index (χ1) is 22.2. The van der Waals surface area contributed by atoms with E-state index in [1.165, 1.54) is 54.0 Å². The van der Waals surface area contributed by atoms with Gasteiger partial charge in [0.15, 0.2) is 33.3 Å². The monoisotopic (exact) mass is 655 g/mol. The van der Waals surface area contributed by atoms with Crippen molar-refractivity contribution in [3.8, 4) is 45.8 Å². The molecule has 13 nitrogen and oxygen atoms in total. The zero-order chi connectivity index (χ0) is 33.0. The van der Waals surface area contributed by atoms with Gasteiger partial charge in [-0.15, -0.1) is 0 Å². The fourth-order valence-electron chi connectivity index (χ4n) is 5.47. The molecule has 5 rings (SSSR count). The van der Waals surface area contributed by atoms with E-state index in [0.717, 1.165) is 0 Å². The normalized spacial score (nSPS) is 16.1. The number of hydrogen-bond acceptors (Lipinski definition) is 13. The molecule has 14 heteroatoms. The fourth-order valence-corrected chi connectivity index (χ4v) is 7.00. The largest absolute Gasteiger partial charge is 0.496 e. The molecular weight excluding hydrogens is 618 g/mol. The van der Waals surface area contributed by atoms with Crippen molar-refractivity contribution < 1.29 is 41.3 Å². The highest BCUT2D eigenvalue weighted by Gasteiger charge is 2.36. The first kappa shape index (κ1) is 32.9. The molecule has 2 aromatic heterocycles. The molecule has 1 fully saturated rings. The zero-order valence-electron chi connectivity index (χ0n) is 26.5. The number of pyridine rings is 1. The van der Waals surface area contributed by atoms with E-state index in [4.69, 9.17) is 32.8 Å². The molecule has 0 amide bonds. The summed E-state index contributed by atoms with van der Waals surface area (Å²) in [6.45, 7) is 2.85. The van der Waals surface area contributed by atoms with E-state index in [1.54, 1.807) is 30.3 Å². The molecule has 0 saturated carbocycles. The van der Waals surface area contributed by atoms with Gasteiger partial charge in [-0.25, -0.2) is 8.42 Å². The summed E-state index contributed by atoms with van der Waals surface area (Å²) < 4.78 is 67.4. The van der Waals surface area contributed by atoms with Gasteiger partial charge >= 0.3 is 0 Å². The predicted molar refractivity (Wildman–Crippen MR) is 170 cm³/mol. The number of sulfone groups is 1. The number of fused-ring (bicyclic) bond motifs is 1. The first-order valence-electron chi connectivity index (χ1n) is 14.5. The maximum Gasteiger partial charge on any atom is 0.239 e. The van der Waals surface area contributed by atoms with Crippen molar-refractivity contribution in [1.82, 2.24) is 15.2 Å². The Bertz CT molecular complexity index is 1840. The van der Waals surface area contributed by atoms with Crippen LogP contribution in [0, 0.1) is 0 Å². The highest BCUT2D eigenvalue weighted by atomic mass is 32.2. The molecule has 0 radical (unpaired) electrons. The summed E-state index contributed by atoms with van der Waals surface area (Å²) in [6.07, 6.45) is 2.58. The second-order valence-corrected chi connectivity index (χ2v) is 12.5. The Morgan fingerprint density at radius 3 is 2.28 bits per heavy atom. The number of nitrogens with zero attached hydrogens (tertiary/aromatic N) is 2. The van der Waals surface area contributed by atoms with Crippen LogP contribution >= 0.6 is 0 Å². The van der Waals surface area contributed by atoms with Crippen LogP contribution < -0.4 is 39.2 Å². The summed E-state index contributed by atoms with van der Waals surface area (Å²) in [6, 6.07) is 9.58. The van der Waals surface area contributed by atoms with Crippen molar-refractivity contribution in [3.63, 3.8) is 0 Å². The van der Waals surface area contributed by atoms with Crippen molar-refractivity contribution >= 4 is 20.8 Å². The lowest BCUT2D eigenvalue weighted by Gasteiger charge is -2.38. The highest BCUT2D eigenvalue weighted by molar-refractivity contribution is 7.92.